The molecule has 0 atom stereocenters. The second-order valence-electron chi connectivity index (χ2n) is 10.7. The van der Waals surface area contributed by atoms with Gasteiger partial charge in [-0.05, 0) is 94.3 Å². The fourth-order valence-electron chi connectivity index (χ4n) is 5.33. The van der Waals surface area contributed by atoms with E-state index >= 15 is 0 Å². The highest BCUT2D eigenvalue weighted by Crippen LogP contribution is 2.30. The number of nitrogens with one attached hydrogen (secondary N) is 2. The van der Waals surface area contributed by atoms with Crippen molar-refractivity contribution in [2.24, 2.45) is 0 Å². The molecule has 0 heterocycles. The quantitative estimate of drug-likeness (QED) is 0.182. The zero-order valence-corrected chi connectivity index (χ0v) is 24.6. The van der Waals surface area contributed by atoms with E-state index in [1.54, 1.807) is 54.6 Å². The van der Waals surface area contributed by atoms with Crippen molar-refractivity contribution in [2.75, 3.05) is 10.6 Å². The largest absolute Gasteiger partial charge is 0.457 e. The second kappa shape index (κ2) is 12.7. The lowest BCUT2D eigenvalue weighted by atomic mass is 10.0. The normalized spacial score (nSPS) is 10.8. The molecule has 0 bridgehead atoms. The first-order chi connectivity index (χ1) is 22.6. The molecule has 46 heavy (non-hydrogen) atoms. The van der Waals surface area contributed by atoms with Crippen LogP contribution in [0.3, 0.4) is 0 Å². The van der Waals surface area contributed by atoms with E-state index in [-0.39, 0.29) is 11.8 Å². The van der Waals surface area contributed by atoms with E-state index in [1.165, 1.54) is 0 Å². The Bertz CT molecular complexity index is 2030. The third-order valence-corrected chi connectivity index (χ3v) is 7.57. The van der Waals surface area contributed by atoms with Crippen LogP contribution in [-0.4, -0.2) is 11.8 Å². The van der Waals surface area contributed by atoms with Crippen molar-refractivity contribution in [1.29, 1.82) is 0 Å². The van der Waals surface area contributed by atoms with E-state index in [1.807, 2.05) is 103 Å². The summed E-state index contributed by atoms with van der Waals surface area (Å²) in [6, 6.07) is 48.8. The zero-order valence-electron chi connectivity index (χ0n) is 24.6. The molecule has 0 fully saturated rings. The number of hydrogen-bond donors (Lipinski definition) is 2. The average molecular weight is 601 g/mol. The van der Waals surface area contributed by atoms with Gasteiger partial charge in [0.1, 0.15) is 23.0 Å². The van der Waals surface area contributed by atoms with Crippen LogP contribution in [-0.2, 0) is 0 Å². The summed E-state index contributed by atoms with van der Waals surface area (Å²) in [6.45, 7) is 0. The van der Waals surface area contributed by atoms with Crippen LogP contribution in [0.4, 0.5) is 11.4 Å². The van der Waals surface area contributed by atoms with Crippen LogP contribution in [0.1, 0.15) is 20.7 Å². The molecular formula is C40H28N2O4. The summed E-state index contributed by atoms with van der Waals surface area (Å²) >= 11 is 0. The molecule has 2 amide bonds. The molecule has 0 unspecified atom stereocenters. The maximum absolute atomic E-state index is 13.0. The number of carbonyl (C=O) groups is 2. The molecular weight excluding hydrogens is 572 g/mol. The van der Waals surface area contributed by atoms with Gasteiger partial charge in [-0.2, -0.15) is 0 Å². The van der Waals surface area contributed by atoms with E-state index in [2.05, 4.69) is 10.6 Å². The molecule has 0 spiro atoms. The molecule has 6 nitrogen and oxygen atoms in total. The Morgan fingerprint density at radius 1 is 0.391 bits per heavy atom. The number of amides is 2. The van der Waals surface area contributed by atoms with Crippen LogP contribution in [0.15, 0.2) is 158 Å². The minimum Gasteiger partial charge on any atom is -0.457 e. The monoisotopic (exact) mass is 600 g/mol. The summed E-state index contributed by atoms with van der Waals surface area (Å²) in [5, 5.41) is 9.79. The standard InChI is InChI=1S/C40H28N2O4/c43-39(37-16-5-10-27-8-1-3-14-35(27)37)41-29-18-22-31(23-19-29)45-33-12-7-13-34(26-33)46-32-24-20-30(21-25-32)42-40(44)38-17-6-11-28-9-2-4-15-36(28)38/h1-26H,(H,41,43)(H,42,44). The second-order valence-corrected chi connectivity index (χ2v) is 10.7. The van der Waals surface area contributed by atoms with Crippen molar-refractivity contribution < 1.29 is 19.1 Å². The Morgan fingerprint density at radius 2 is 0.783 bits per heavy atom. The fraction of sp³-hybridized carbons (Fsp3) is 0. The molecule has 0 aliphatic rings. The van der Waals surface area contributed by atoms with Gasteiger partial charge in [0.15, 0.2) is 0 Å². The molecule has 7 aromatic carbocycles. The molecule has 0 aliphatic heterocycles. The highest BCUT2D eigenvalue weighted by Gasteiger charge is 2.12. The Labute approximate surface area is 265 Å². The lowest BCUT2D eigenvalue weighted by molar-refractivity contribution is 0.102. The van der Waals surface area contributed by atoms with Gasteiger partial charge in [0, 0.05) is 28.6 Å². The van der Waals surface area contributed by atoms with Gasteiger partial charge in [-0.3, -0.25) is 9.59 Å². The Hall–Kier alpha value is -6.40. The van der Waals surface area contributed by atoms with Crippen LogP contribution in [0.2, 0.25) is 0 Å². The Balaban J connectivity index is 0.967. The Morgan fingerprint density at radius 3 is 1.24 bits per heavy atom. The van der Waals surface area contributed by atoms with Crippen molar-refractivity contribution in [3.63, 3.8) is 0 Å². The third-order valence-electron chi connectivity index (χ3n) is 7.57. The molecule has 222 valence electrons. The van der Waals surface area contributed by atoms with Gasteiger partial charge in [0.2, 0.25) is 0 Å². The van der Waals surface area contributed by atoms with Crippen LogP contribution >= 0.6 is 0 Å². The highest BCUT2D eigenvalue weighted by atomic mass is 16.5. The number of fused-ring (bicyclic) bond motifs is 2. The molecule has 0 aromatic heterocycles. The molecule has 2 N–H and O–H groups in total. The maximum Gasteiger partial charge on any atom is 0.256 e. The lowest BCUT2D eigenvalue weighted by Gasteiger charge is -2.11. The zero-order chi connectivity index (χ0) is 31.3. The average Bonchev–Trinajstić information content (AvgIpc) is 3.09. The summed E-state index contributed by atoms with van der Waals surface area (Å²) in [7, 11) is 0. The maximum atomic E-state index is 13.0. The SMILES string of the molecule is O=C(Nc1ccc(Oc2cccc(Oc3ccc(NC(=O)c4cccc5ccccc45)cc3)c2)cc1)c1cccc2ccccc12. The summed E-state index contributed by atoms with van der Waals surface area (Å²) < 4.78 is 12.1. The molecule has 6 heteroatoms. The molecule has 0 saturated carbocycles. The number of anilines is 2. The summed E-state index contributed by atoms with van der Waals surface area (Å²) in [5.41, 5.74) is 2.57. The Kier molecular flexibility index (Phi) is 7.82. The minimum absolute atomic E-state index is 0.171. The fourth-order valence-corrected chi connectivity index (χ4v) is 5.33. The van der Waals surface area contributed by atoms with Gasteiger partial charge in [0.05, 0.1) is 0 Å². The van der Waals surface area contributed by atoms with Crippen LogP contribution in [0.5, 0.6) is 23.0 Å². The molecule has 0 aliphatic carbocycles. The van der Waals surface area contributed by atoms with Crippen LogP contribution < -0.4 is 20.1 Å². The van der Waals surface area contributed by atoms with Crippen molar-refractivity contribution in [1.82, 2.24) is 0 Å². The number of hydrogen-bond acceptors (Lipinski definition) is 4. The van der Waals surface area contributed by atoms with Crippen molar-refractivity contribution in [3.05, 3.63) is 169 Å². The van der Waals surface area contributed by atoms with Gasteiger partial charge in [-0.15, -0.1) is 0 Å². The van der Waals surface area contributed by atoms with Crippen molar-refractivity contribution in [3.8, 4) is 23.0 Å². The first-order valence-electron chi connectivity index (χ1n) is 14.8. The van der Waals surface area contributed by atoms with Gasteiger partial charge >= 0.3 is 0 Å². The van der Waals surface area contributed by atoms with Gasteiger partial charge in [-0.1, -0.05) is 78.9 Å². The predicted molar refractivity (Wildman–Crippen MR) is 183 cm³/mol. The van der Waals surface area contributed by atoms with Crippen molar-refractivity contribution >= 4 is 44.7 Å². The molecule has 7 aromatic rings. The molecule has 0 saturated heterocycles. The molecule has 0 radical (unpaired) electrons. The molecule has 7 rings (SSSR count). The third kappa shape index (κ3) is 6.27. The van der Waals surface area contributed by atoms with E-state index < -0.39 is 0 Å². The summed E-state index contributed by atoms with van der Waals surface area (Å²) in [4.78, 5) is 26.0. The first-order valence-corrected chi connectivity index (χ1v) is 14.8. The van der Waals surface area contributed by atoms with Gasteiger partial charge < -0.3 is 20.1 Å². The number of benzene rings is 7. The predicted octanol–water partition coefficient (Wildman–Crippen LogP) is 10.1. The van der Waals surface area contributed by atoms with Crippen LogP contribution in [0, 0.1) is 0 Å². The van der Waals surface area contributed by atoms with E-state index in [9.17, 15) is 9.59 Å². The highest BCUT2D eigenvalue weighted by molar-refractivity contribution is 6.13. The summed E-state index contributed by atoms with van der Waals surface area (Å²) in [6.07, 6.45) is 0. The van der Waals surface area contributed by atoms with E-state index in [4.69, 9.17) is 9.47 Å². The lowest BCUT2D eigenvalue weighted by Crippen LogP contribution is -2.12. The number of carbonyl (C=O) groups excluding carboxylic acids is 2. The van der Waals surface area contributed by atoms with E-state index in [0.717, 1.165) is 21.5 Å². The van der Waals surface area contributed by atoms with Crippen LogP contribution in [0.25, 0.3) is 21.5 Å². The first kappa shape index (κ1) is 28.4. The smallest absolute Gasteiger partial charge is 0.256 e. The number of rotatable bonds is 8. The van der Waals surface area contributed by atoms with Crippen molar-refractivity contribution in [2.45, 2.75) is 0 Å². The minimum atomic E-state index is -0.171. The number of ether oxygens (including phenoxy) is 2. The van der Waals surface area contributed by atoms with E-state index in [0.29, 0.717) is 45.5 Å². The van der Waals surface area contributed by atoms with Gasteiger partial charge in [-0.25, -0.2) is 0 Å². The summed E-state index contributed by atoms with van der Waals surface area (Å²) in [5.74, 6) is 2.09. The topological polar surface area (TPSA) is 76.7 Å². The van der Waals surface area contributed by atoms with Gasteiger partial charge in [0.25, 0.3) is 11.8 Å².